The van der Waals surface area contributed by atoms with E-state index in [2.05, 4.69) is 31.0 Å². The minimum atomic E-state index is -0.922. The fraction of sp³-hybridized carbons (Fsp3) is 1.00. The van der Waals surface area contributed by atoms with Crippen LogP contribution in [0.25, 0.3) is 0 Å². The molecule has 0 aromatic rings. The van der Waals surface area contributed by atoms with E-state index in [-0.39, 0.29) is 5.54 Å². The van der Waals surface area contributed by atoms with Crippen molar-refractivity contribution in [2.24, 2.45) is 0 Å². The highest BCUT2D eigenvalue weighted by atomic mass is 19.1. The molecule has 0 aromatic heterocycles. The Morgan fingerprint density at radius 2 is 1.79 bits per heavy atom. The molecular weight excluding hydrogens is 239 g/mol. The van der Waals surface area contributed by atoms with Crippen molar-refractivity contribution in [3.63, 3.8) is 0 Å². The first-order valence-corrected chi connectivity index (χ1v) is 7.96. The summed E-state index contributed by atoms with van der Waals surface area (Å²) in [6.45, 7) is 10.4. The van der Waals surface area contributed by atoms with E-state index >= 15 is 0 Å². The summed E-state index contributed by atoms with van der Waals surface area (Å²) in [5.74, 6) is 0. The monoisotopic (exact) mass is 270 g/mol. The molecule has 2 rings (SSSR count). The van der Waals surface area contributed by atoms with Gasteiger partial charge in [0.05, 0.1) is 0 Å². The minimum Gasteiger partial charge on any atom is -0.309 e. The molecule has 112 valence electrons. The van der Waals surface area contributed by atoms with Crippen molar-refractivity contribution in [3.8, 4) is 0 Å². The van der Waals surface area contributed by atoms with Gasteiger partial charge in [-0.25, -0.2) is 4.39 Å². The summed E-state index contributed by atoms with van der Waals surface area (Å²) in [6.07, 6.45) is 6.55. The van der Waals surface area contributed by atoms with Gasteiger partial charge in [-0.1, -0.05) is 6.42 Å². The van der Waals surface area contributed by atoms with Gasteiger partial charge in [0, 0.05) is 30.7 Å². The molecule has 1 saturated heterocycles. The third-order valence-corrected chi connectivity index (χ3v) is 4.64. The molecule has 19 heavy (non-hydrogen) atoms. The van der Waals surface area contributed by atoms with Crippen molar-refractivity contribution in [3.05, 3.63) is 0 Å². The zero-order chi connectivity index (χ0) is 14.1. The lowest BCUT2D eigenvalue weighted by Crippen LogP contribution is -2.52. The van der Waals surface area contributed by atoms with E-state index in [0.29, 0.717) is 24.9 Å². The van der Waals surface area contributed by atoms with E-state index in [1.54, 1.807) is 6.92 Å². The number of likely N-dealkylation sites (tertiary alicyclic amines) is 1. The van der Waals surface area contributed by atoms with E-state index in [1.807, 2.05) is 0 Å². The first-order valence-electron chi connectivity index (χ1n) is 7.96. The second-order valence-corrected chi connectivity index (χ2v) is 7.86. The summed E-state index contributed by atoms with van der Waals surface area (Å²) >= 11 is 0. The Labute approximate surface area is 118 Å². The molecule has 0 radical (unpaired) electrons. The highest BCUT2D eigenvalue weighted by molar-refractivity contribution is 4.91. The smallest absolute Gasteiger partial charge is 0.110 e. The summed E-state index contributed by atoms with van der Waals surface area (Å²) in [6, 6.07) is 1.31. The highest BCUT2D eigenvalue weighted by Gasteiger charge is 2.34. The average molecular weight is 270 g/mol. The predicted octanol–water partition coefficient (Wildman–Crippen LogP) is 3.51. The largest absolute Gasteiger partial charge is 0.309 e. The van der Waals surface area contributed by atoms with E-state index in [0.717, 1.165) is 13.1 Å². The molecular formula is C16H31FN2. The molecule has 1 N–H and O–H groups in total. The molecule has 0 bridgehead atoms. The SMILES string of the molecule is CC1(F)CCN([C@@H]2CCC[C@H](NC(C)(C)C)C2)CC1. The Hall–Kier alpha value is -0.150. The lowest BCUT2D eigenvalue weighted by molar-refractivity contribution is 0.0355. The van der Waals surface area contributed by atoms with E-state index in [9.17, 15) is 4.39 Å². The normalized spacial score (nSPS) is 33.3. The van der Waals surface area contributed by atoms with Crippen LogP contribution in [0.3, 0.4) is 0 Å². The van der Waals surface area contributed by atoms with Gasteiger partial charge in [-0.15, -0.1) is 0 Å². The molecule has 2 atom stereocenters. The number of nitrogens with one attached hydrogen (secondary N) is 1. The fourth-order valence-electron chi connectivity index (χ4n) is 3.59. The average Bonchev–Trinajstić information content (AvgIpc) is 2.27. The number of halogens is 1. The number of piperidine rings is 1. The van der Waals surface area contributed by atoms with E-state index in [4.69, 9.17) is 0 Å². The maximum absolute atomic E-state index is 13.9. The van der Waals surface area contributed by atoms with Gasteiger partial charge in [-0.3, -0.25) is 0 Å². The molecule has 0 amide bonds. The number of alkyl halides is 1. The summed E-state index contributed by atoms with van der Waals surface area (Å²) in [7, 11) is 0. The van der Waals surface area contributed by atoms with E-state index in [1.165, 1.54) is 25.7 Å². The van der Waals surface area contributed by atoms with Crippen LogP contribution >= 0.6 is 0 Å². The second kappa shape index (κ2) is 5.69. The van der Waals surface area contributed by atoms with Gasteiger partial charge in [0.25, 0.3) is 0 Å². The van der Waals surface area contributed by atoms with Gasteiger partial charge in [0.1, 0.15) is 5.67 Å². The molecule has 0 spiro atoms. The van der Waals surface area contributed by atoms with Crippen LogP contribution in [0.1, 0.15) is 66.2 Å². The van der Waals surface area contributed by atoms with Crippen LogP contribution in [0, 0.1) is 0 Å². The molecule has 1 aliphatic carbocycles. The maximum Gasteiger partial charge on any atom is 0.110 e. The fourth-order valence-corrected chi connectivity index (χ4v) is 3.59. The van der Waals surface area contributed by atoms with Crippen LogP contribution < -0.4 is 5.32 Å². The molecule has 1 aliphatic heterocycles. The Bertz CT molecular complexity index is 286. The van der Waals surface area contributed by atoms with Crippen molar-refractivity contribution in [1.29, 1.82) is 0 Å². The summed E-state index contributed by atoms with van der Waals surface area (Å²) in [5.41, 5.74) is -0.722. The Morgan fingerprint density at radius 1 is 1.16 bits per heavy atom. The third kappa shape index (κ3) is 4.71. The van der Waals surface area contributed by atoms with Crippen LogP contribution in [0.5, 0.6) is 0 Å². The predicted molar refractivity (Wildman–Crippen MR) is 79.3 cm³/mol. The third-order valence-electron chi connectivity index (χ3n) is 4.64. The molecule has 3 heteroatoms. The Kier molecular flexibility index (Phi) is 4.56. The van der Waals surface area contributed by atoms with Crippen molar-refractivity contribution >= 4 is 0 Å². The van der Waals surface area contributed by atoms with Crippen molar-refractivity contribution in [2.75, 3.05) is 13.1 Å². The lowest BCUT2D eigenvalue weighted by Gasteiger charge is -2.43. The topological polar surface area (TPSA) is 15.3 Å². The summed E-state index contributed by atoms with van der Waals surface area (Å²) < 4.78 is 13.9. The van der Waals surface area contributed by atoms with Crippen LogP contribution in [-0.4, -0.2) is 41.3 Å². The molecule has 0 aromatic carbocycles. The van der Waals surface area contributed by atoms with E-state index < -0.39 is 5.67 Å². The van der Waals surface area contributed by atoms with Gasteiger partial charge in [0.2, 0.25) is 0 Å². The van der Waals surface area contributed by atoms with Crippen LogP contribution in [-0.2, 0) is 0 Å². The Balaban J connectivity index is 1.84. The zero-order valence-corrected chi connectivity index (χ0v) is 13.1. The van der Waals surface area contributed by atoms with Crippen LogP contribution in [0.2, 0.25) is 0 Å². The van der Waals surface area contributed by atoms with Gasteiger partial charge in [-0.2, -0.15) is 0 Å². The standard InChI is InChI=1S/C16H31FN2/c1-15(2,3)18-13-6-5-7-14(12-13)19-10-8-16(4,17)9-11-19/h13-14,18H,5-12H2,1-4H3/t13-,14+/m0/s1. The molecule has 0 unspecified atom stereocenters. The number of nitrogens with zero attached hydrogens (tertiary/aromatic N) is 1. The lowest BCUT2D eigenvalue weighted by atomic mass is 9.86. The van der Waals surface area contributed by atoms with Gasteiger partial charge < -0.3 is 10.2 Å². The second-order valence-electron chi connectivity index (χ2n) is 7.86. The molecule has 2 nitrogen and oxygen atoms in total. The number of hydrogen-bond acceptors (Lipinski definition) is 2. The highest BCUT2D eigenvalue weighted by Crippen LogP contribution is 2.31. The van der Waals surface area contributed by atoms with Crippen molar-refractivity contribution < 1.29 is 4.39 Å². The van der Waals surface area contributed by atoms with Crippen molar-refractivity contribution in [1.82, 2.24) is 10.2 Å². The zero-order valence-electron chi connectivity index (χ0n) is 13.1. The first-order chi connectivity index (χ1) is 8.75. The van der Waals surface area contributed by atoms with Gasteiger partial charge in [0.15, 0.2) is 0 Å². The van der Waals surface area contributed by atoms with Gasteiger partial charge in [-0.05, 0) is 59.8 Å². The molecule has 1 heterocycles. The van der Waals surface area contributed by atoms with Crippen LogP contribution in [0.4, 0.5) is 4.39 Å². The number of rotatable bonds is 2. The minimum absolute atomic E-state index is 0.200. The number of hydrogen-bond donors (Lipinski definition) is 1. The quantitative estimate of drug-likeness (QED) is 0.826. The molecule has 2 fully saturated rings. The van der Waals surface area contributed by atoms with Gasteiger partial charge >= 0.3 is 0 Å². The first kappa shape index (κ1) is 15.2. The van der Waals surface area contributed by atoms with Crippen LogP contribution in [0.15, 0.2) is 0 Å². The molecule has 1 saturated carbocycles. The summed E-state index contributed by atoms with van der Waals surface area (Å²) in [5, 5.41) is 3.74. The van der Waals surface area contributed by atoms with Crippen molar-refractivity contribution in [2.45, 2.75) is 89.5 Å². The maximum atomic E-state index is 13.9. The molecule has 2 aliphatic rings. The summed E-state index contributed by atoms with van der Waals surface area (Å²) in [4.78, 5) is 2.54. The Morgan fingerprint density at radius 3 is 2.37 bits per heavy atom.